The van der Waals surface area contributed by atoms with E-state index in [2.05, 4.69) is 12.8 Å². The highest BCUT2D eigenvalue weighted by Crippen LogP contribution is 2.26. The number of carbonyl (C=O) groups is 2. The van der Waals surface area contributed by atoms with Crippen molar-refractivity contribution in [1.29, 1.82) is 0 Å². The third-order valence-electron chi connectivity index (χ3n) is 2.70. The first-order valence-electron chi connectivity index (χ1n) is 6.08. The maximum atomic E-state index is 13.3. The van der Waals surface area contributed by atoms with E-state index >= 15 is 0 Å². The summed E-state index contributed by atoms with van der Waals surface area (Å²) < 4.78 is 40.0. The Morgan fingerprint density at radius 1 is 1.33 bits per heavy atom. The van der Waals surface area contributed by atoms with Gasteiger partial charge in [-0.1, -0.05) is 19.7 Å². The lowest BCUT2D eigenvalue weighted by molar-refractivity contribution is -0.117. The molecule has 0 aromatic heterocycles. The zero-order chi connectivity index (χ0) is 16.2. The molecule has 0 aliphatic carbocycles. The molecule has 116 valence electrons. The van der Waals surface area contributed by atoms with E-state index in [9.17, 15) is 22.4 Å². The van der Waals surface area contributed by atoms with Crippen LogP contribution in [0.25, 0.3) is 0 Å². The number of nitrogens with zero attached hydrogens (tertiary/aromatic N) is 1. The molecule has 0 heterocycles. The van der Waals surface area contributed by atoms with Crippen molar-refractivity contribution in [3.63, 3.8) is 0 Å². The van der Waals surface area contributed by atoms with Gasteiger partial charge in [0.15, 0.2) is 0 Å². The molecule has 1 aromatic carbocycles. The minimum absolute atomic E-state index is 0.0848. The molecule has 0 bridgehead atoms. The molecule has 1 aromatic rings. The topological polar surface area (TPSA) is 83.6 Å². The van der Waals surface area contributed by atoms with Gasteiger partial charge in [0.05, 0.1) is 17.0 Å². The van der Waals surface area contributed by atoms with Gasteiger partial charge in [-0.2, -0.15) is 0 Å². The minimum Gasteiger partial charge on any atom is -0.299 e. The van der Waals surface area contributed by atoms with Gasteiger partial charge in [0.25, 0.3) is 5.91 Å². The lowest BCUT2D eigenvalue weighted by Crippen LogP contribution is -2.39. The summed E-state index contributed by atoms with van der Waals surface area (Å²) in [6.07, 6.45) is -0.0848. The number of amides is 2. The van der Waals surface area contributed by atoms with E-state index in [0.29, 0.717) is 4.31 Å². The zero-order valence-corrected chi connectivity index (χ0v) is 13.2. The average molecular weight is 334 g/mol. The van der Waals surface area contributed by atoms with E-state index in [1.807, 2.05) is 4.72 Å². The summed E-state index contributed by atoms with van der Waals surface area (Å²) in [5.41, 5.74) is -0.486. The maximum Gasteiger partial charge on any atom is 0.263 e. The van der Waals surface area contributed by atoms with Crippen molar-refractivity contribution in [2.45, 2.75) is 20.3 Å². The Hall–Kier alpha value is -1.61. The van der Waals surface area contributed by atoms with E-state index in [4.69, 9.17) is 0 Å². The number of thiol groups is 1. The normalized spacial score (nSPS) is 11.0. The number of sulfonamides is 1. The van der Waals surface area contributed by atoms with Gasteiger partial charge in [0.1, 0.15) is 5.82 Å². The van der Waals surface area contributed by atoms with Crippen LogP contribution in [-0.2, 0) is 14.8 Å². The largest absolute Gasteiger partial charge is 0.299 e. The third kappa shape index (κ3) is 3.73. The van der Waals surface area contributed by atoms with E-state index in [-0.39, 0.29) is 23.4 Å². The summed E-state index contributed by atoms with van der Waals surface area (Å²) in [7, 11) is -3.95. The monoisotopic (exact) mass is 334 g/mol. The summed E-state index contributed by atoms with van der Waals surface area (Å²) in [6, 6.07) is 2.90. The van der Waals surface area contributed by atoms with Crippen LogP contribution in [-0.4, -0.2) is 26.0 Å². The molecule has 0 atom stereocenters. The van der Waals surface area contributed by atoms with E-state index in [1.165, 1.54) is 13.8 Å². The van der Waals surface area contributed by atoms with E-state index in [1.54, 1.807) is 0 Å². The second-order valence-electron chi connectivity index (χ2n) is 4.01. The fraction of sp³-hybridized carbons (Fsp3) is 0.333. The molecule has 0 fully saturated rings. The molecule has 0 radical (unpaired) electrons. The molecule has 2 amide bonds. The number of hydrogen-bond donors (Lipinski definition) is 2. The molecular formula is C12H15FN2O4S2. The van der Waals surface area contributed by atoms with Crippen LogP contribution in [0, 0.1) is 5.82 Å². The number of anilines is 1. The first kappa shape index (κ1) is 17.4. The predicted molar refractivity (Wildman–Crippen MR) is 80.1 cm³/mol. The predicted octanol–water partition coefficient (Wildman–Crippen LogP) is 1.49. The summed E-state index contributed by atoms with van der Waals surface area (Å²) >= 11 is 3.57. The SMILES string of the molecule is CCC(=O)N(c1ccc(F)cc1C(=O)NS)S(=O)(=O)CC. The Morgan fingerprint density at radius 3 is 2.43 bits per heavy atom. The van der Waals surface area contributed by atoms with Crippen LogP contribution in [0.3, 0.4) is 0 Å². The number of carbonyl (C=O) groups excluding carboxylic acids is 2. The molecule has 0 aliphatic rings. The zero-order valence-electron chi connectivity index (χ0n) is 11.5. The Bertz CT molecular complexity index is 661. The van der Waals surface area contributed by atoms with Crippen LogP contribution in [0.5, 0.6) is 0 Å². The number of rotatable bonds is 5. The first-order chi connectivity index (χ1) is 9.78. The quantitative estimate of drug-likeness (QED) is 0.799. The Morgan fingerprint density at radius 2 is 1.95 bits per heavy atom. The van der Waals surface area contributed by atoms with Crippen molar-refractivity contribution in [3.05, 3.63) is 29.6 Å². The molecule has 0 saturated heterocycles. The van der Waals surface area contributed by atoms with Gasteiger partial charge in [0.2, 0.25) is 15.9 Å². The van der Waals surface area contributed by atoms with Crippen LogP contribution in [0.1, 0.15) is 30.6 Å². The van der Waals surface area contributed by atoms with Gasteiger partial charge >= 0.3 is 0 Å². The lowest BCUT2D eigenvalue weighted by Gasteiger charge is -2.23. The smallest absolute Gasteiger partial charge is 0.263 e. The maximum absolute atomic E-state index is 13.3. The minimum atomic E-state index is -3.95. The van der Waals surface area contributed by atoms with Crippen molar-refractivity contribution < 1.29 is 22.4 Å². The number of halogens is 1. The molecule has 9 heteroatoms. The van der Waals surface area contributed by atoms with Gasteiger partial charge in [0, 0.05) is 6.42 Å². The van der Waals surface area contributed by atoms with Crippen LogP contribution in [0.4, 0.5) is 10.1 Å². The molecule has 0 unspecified atom stereocenters. The molecule has 21 heavy (non-hydrogen) atoms. The molecule has 0 saturated carbocycles. The van der Waals surface area contributed by atoms with Crippen LogP contribution >= 0.6 is 12.8 Å². The van der Waals surface area contributed by atoms with Crippen molar-refractivity contribution in [2.24, 2.45) is 0 Å². The third-order valence-corrected chi connectivity index (χ3v) is 4.58. The summed E-state index contributed by atoms with van der Waals surface area (Å²) in [5, 5.41) is 0. The number of hydrogen-bond acceptors (Lipinski definition) is 5. The van der Waals surface area contributed by atoms with Crippen molar-refractivity contribution in [3.8, 4) is 0 Å². The van der Waals surface area contributed by atoms with Gasteiger partial charge in [-0.15, -0.1) is 0 Å². The summed E-state index contributed by atoms with van der Waals surface area (Å²) in [4.78, 5) is 23.7. The lowest BCUT2D eigenvalue weighted by atomic mass is 10.1. The van der Waals surface area contributed by atoms with Crippen molar-refractivity contribution >= 4 is 40.3 Å². The highest BCUT2D eigenvalue weighted by atomic mass is 32.2. The fourth-order valence-corrected chi connectivity index (χ4v) is 2.92. The molecular weight excluding hydrogens is 319 g/mol. The summed E-state index contributed by atoms with van der Waals surface area (Å²) in [5.74, 6) is -2.59. The highest BCUT2D eigenvalue weighted by Gasteiger charge is 2.30. The number of benzene rings is 1. The molecule has 1 rings (SSSR count). The highest BCUT2D eigenvalue weighted by molar-refractivity contribution is 7.93. The second-order valence-corrected chi connectivity index (χ2v) is 6.34. The Kier molecular flexibility index (Phi) is 5.73. The second kappa shape index (κ2) is 6.90. The van der Waals surface area contributed by atoms with Crippen molar-refractivity contribution in [1.82, 2.24) is 4.72 Å². The molecule has 0 spiro atoms. The number of nitrogens with one attached hydrogen (secondary N) is 1. The van der Waals surface area contributed by atoms with Gasteiger partial charge < -0.3 is 0 Å². The fourth-order valence-electron chi connectivity index (χ4n) is 1.64. The van der Waals surface area contributed by atoms with Crippen molar-refractivity contribution in [2.75, 3.05) is 10.1 Å². The van der Waals surface area contributed by atoms with E-state index < -0.39 is 27.7 Å². The van der Waals surface area contributed by atoms with Gasteiger partial charge in [-0.3, -0.25) is 14.3 Å². The van der Waals surface area contributed by atoms with Crippen LogP contribution < -0.4 is 9.03 Å². The average Bonchev–Trinajstić information content (AvgIpc) is 2.47. The molecule has 1 N–H and O–H groups in total. The standard InChI is InChI=1S/C12H15FN2O4S2/c1-3-11(16)15(21(18,19)4-2)10-6-5-8(13)7-9(10)12(17)14-20/h5-7,20H,3-4H2,1-2H3,(H,14,17). The van der Waals surface area contributed by atoms with Gasteiger partial charge in [-0.25, -0.2) is 17.1 Å². The van der Waals surface area contributed by atoms with Gasteiger partial charge in [-0.05, 0) is 25.1 Å². The van der Waals surface area contributed by atoms with E-state index in [0.717, 1.165) is 18.2 Å². The summed E-state index contributed by atoms with van der Waals surface area (Å²) in [6.45, 7) is 2.86. The van der Waals surface area contributed by atoms with Crippen LogP contribution in [0.15, 0.2) is 18.2 Å². The Balaban J connectivity index is 3.59. The van der Waals surface area contributed by atoms with Crippen LogP contribution in [0.2, 0.25) is 0 Å². The molecule has 0 aliphatic heterocycles. The Labute approximate surface area is 127 Å². The molecule has 6 nitrogen and oxygen atoms in total. The first-order valence-corrected chi connectivity index (χ1v) is 8.13.